The Morgan fingerprint density at radius 1 is 1.10 bits per heavy atom. The minimum atomic E-state index is -3.61. The number of amides is 1. The Kier molecular flexibility index (Phi) is 5.71. The Morgan fingerprint density at radius 2 is 1.90 bits per heavy atom. The molecule has 158 valence electrons. The molecule has 0 unspecified atom stereocenters. The fourth-order valence-electron chi connectivity index (χ4n) is 4.77. The van der Waals surface area contributed by atoms with Gasteiger partial charge in [-0.3, -0.25) is 4.79 Å². The summed E-state index contributed by atoms with van der Waals surface area (Å²) in [5.41, 5.74) is 1.04. The van der Waals surface area contributed by atoms with Crippen LogP contribution in [0.3, 0.4) is 0 Å². The number of carbonyl (C=O) groups excluding carboxylic acids is 1. The van der Waals surface area contributed by atoms with Crippen molar-refractivity contribution in [1.82, 2.24) is 13.8 Å². The number of nitrogens with zero attached hydrogens (tertiary/aromatic N) is 3. The van der Waals surface area contributed by atoms with E-state index in [9.17, 15) is 13.2 Å². The summed E-state index contributed by atoms with van der Waals surface area (Å²) >= 11 is 0. The highest BCUT2D eigenvalue weighted by Crippen LogP contribution is 2.28. The van der Waals surface area contributed by atoms with Crippen LogP contribution in [-0.2, 0) is 21.4 Å². The number of likely N-dealkylation sites (tertiary alicyclic amines) is 1. The first-order chi connectivity index (χ1) is 13.9. The van der Waals surface area contributed by atoms with Crippen molar-refractivity contribution >= 4 is 26.8 Å². The van der Waals surface area contributed by atoms with Crippen LogP contribution in [0.15, 0.2) is 35.4 Å². The average Bonchev–Trinajstić information content (AvgIpc) is 3.15. The number of benzene rings is 1. The van der Waals surface area contributed by atoms with Gasteiger partial charge >= 0.3 is 0 Å². The van der Waals surface area contributed by atoms with Crippen LogP contribution in [0.2, 0.25) is 0 Å². The Hall–Kier alpha value is -1.86. The normalized spacial score (nSPS) is 24.1. The third-order valence-electron chi connectivity index (χ3n) is 6.42. The summed E-state index contributed by atoms with van der Waals surface area (Å²) in [4.78, 5) is 15.3. The Balaban J connectivity index is 1.53. The maximum atomic E-state index is 13.3. The monoisotopic (exact) mass is 417 g/mol. The molecule has 2 saturated heterocycles. The van der Waals surface area contributed by atoms with Crippen molar-refractivity contribution in [3.63, 3.8) is 0 Å². The minimum Gasteiger partial charge on any atom is -0.348 e. The summed E-state index contributed by atoms with van der Waals surface area (Å²) in [6.07, 6.45) is 5.69. The van der Waals surface area contributed by atoms with Gasteiger partial charge < -0.3 is 9.47 Å². The summed E-state index contributed by atoms with van der Waals surface area (Å²) in [5.74, 6) is 0.430. The second kappa shape index (κ2) is 8.11. The van der Waals surface area contributed by atoms with Crippen LogP contribution < -0.4 is 0 Å². The smallest absolute Gasteiger partial charge is 0.243 e. The van der Waals surface area contributed by atoms with E-state index in [1.54, 1.807) is 12.1 Å². The number of fused-ring (bicyclic) bond motifs is 1. The fourth-order valence-corrected chi connectivity index (χ4v) is 6.33. The average molecular weight is 418 g/mol. The zero-order valence-electron chi connectivity index (χ0n) is 17.4. The van der Waals surface area contributed by atoms with Gasteiger partial charge in [0, 0.05) is 49.8 Å². The third-order valence-corrected chi connectivity index (χ3v) is 8.28. The number of aromatic nitrogens is 1. The van der Waals surface area contributed by atoms with Crippen molar-refractivity contribution in [2.24, 2.45) is 11.8 Å². The first kappa shape index (κ1) is 20.4. The highest BCUT2D eigenvalue weighted by Gasteiger charge is 2.36. The van der Waals surface area contributed by atoms with Crippen molar-refractivity contribution in [3.8, 4) is 0 Å². The SMILES string of the molecule is CCn1ccc2cc(S(=O)(=O)N3CCC[C@@H](C(=O)N4CCC[C@H](C)C4)C3)ccc21. The van der Waals surface area contributed by atoms with E-state index in [4.69, 9.17) is 0 Å². The Morgan fingerprint density at radius 3 is 2.66 bits per heavy atom. The number of aryl methyl sites for hydroxylation is 1. The van der Waals surface area contributed by atoms with Gasteiger partial charge in [-0.15, -0.1) is 0 Å². The standard InChI is InChI=1S/C22H31N3O3S/c1-3-23-13-10-18-14-20(8-9-21(18)23)29(27,28)25-12-5-7-19(16-25)22(26)24-11-4-6-17(2)15-24/h8-10,13-14,17,19H,3-7,11-12,15-16H2,1-2H3/t17-,19+/m0/s1. The topological polar surface area (TPSA) is 62.6 Å². The summed E-state index contributed by atoms with van der Waals surface area (Å²) in [7, 11) is -3.61. The van der Waals surface area contributed by atoms with E-state index in [2.05, 4.69) is 18.4 Å². The molecule has 2 aliphatic rings. The highest BCUT2D eigenvalue weighted by atomic mass is 32.2. The molecule has 1 amide bonds. The minimum absolute atomic E-state index is 0.131. The lowest BCUT2D eigenvalue weighted by Crippen LogP contribution is -2.48. The predicted molar refractivity (Wildman–Crippen MR) is 114 cm³/mol. The molecule has 0 radical (unpaired) electrons. The molecule has 4 rings (SSSR count). The molecule has 3 heterocycles. The predicted octanol–water partition coefficient (Wildman–Crippen LogP) is 3.32. The van der Waals surface area contributed by atoms with Gasteiger partial charge in [0.25, 0.3) is 0 Å². The van der Waals surface area contributed by atoms with E-state index in [1.165, 1.54) is 4.31 Å². The first-order valence-electron chi connectivity index (χ1n) is 10.8. The maximum Gasteiger partial charge on any atom is 0.243 e. The number of sulfonamides is 1. The lowest BCUT2D eigenvalue weighted by molar-refractivity contribution is -0.138. The van der Waals surface area contributed by atoms with Gasteiger partial charge in [0.15, 0.2) is 0 Å². The quantitative estimate of drug-likeness (QED) is 0.767. The second-order valence-corrected chi connectivity index (χ2v) is 10.5. The second-order valence-electron chi connectivity index (χ2n) is 8.56. The lowest BCUT2D eigenvalue weighted by Gasteiger charge is -2.37. The summed E-state index contributed by atoms with van der Waals surface area (Å²) in [5, 5.41) is 0.930. The molecular formula is C22H31N3O3S. The van der Waals surface area contributed by atoms with E-state index < -0.39 is 10.0 Å². The number of rotatable bonds is 4. The maximum absolute atomic E-state index is 13.3. The highest BCUT2D eigenvalue weighted by molar-refractivity contribution is 7.89. The molecule has 1 aromatic carbocycles. The van der Waals surface area contributed by atoms with E-state index in [0.29, 0.717) is 23.9 Å². The van der Waals surface area contributed by atoms with Gasteiger partial charge in [-0.2, -0.15) is 4.31 Å². The molecule has 2 aromatic rings. The van der Waals surface area contributed by atoms with Crippen molar-refractivity contribution in [2.75, 3.05) is 26.2 Å². The van der Waals surface area contributed by atoms with Crippen LogP contribution in [0.4, 0.5) is 0 Å². The molecule has 0 aliphatic carbocycles. The van der Waals surface area contributed by atoms with Crippen LogP contribution in [0.5, 0.6) is 0 Å². The number of piperidine rings is 2. The molecule has 2 fully saturated rings. The summed E-state index contributed by atoms with van der Waals surface area (Å²) in [6, 6.07) is 7.29. The zero-order chi connectivity index (χ0) is 20.6. The molecule has 2 atom stereocenters. The molecule has 29 heavy (non-hydrogen) atoms. The van der Waals surface area contributed by atoms with Crippen molar-refractivity contribution in [3.05, 3.63) is 30.5 Å². The molecule has 2 aliphatic heterocycles. The van der Waals surface area contributed by atoms with Gasteiger partial charge in [0.2, 0.25) is 15.9 Å². The fraction of sp³-hybridized carbons (Fsp3) is 0.591. The van der Waals surface area contributed by atoms with Crippen LogP contribution in [0.1, 0.15) is 39.5 Å². The van der Waals surface area contributed by atoms with Crippen molar-refractivity contribution in [2.45, 2.75) is 51.0 Å². The van der Waals surface area contributed by atoms with Gasteiger partial charge in [0.05, 0.1) is 10.8 Å². The Bertz CT molecular complexity index is 998. The molecule has 0 saturated carbocycles. The van der Waals surface area contributed by atoms with Crippen LogP contribution in [0.25, 0.3) is 10.9 Å². The van der Waals surface area contributed by atoms with Crippen LogP contribution in [0, 0.1) is 11.8 Å². The van der Waals surface area contributed by atoms with E-state index in [1.807, 2.05) is 23.2 Å². The van der Waals surface area contributed by atoms with Crippen LogP contribution in [-0.4, -0.2) is 54.3 Å². The summed E-state index contributed by atoms with van der Waals surface area (Å²) in [6.45, 7) is 7.47. The van der Waals surface area contributed by atoms with Crippen molar-refractivity contribution in [1.29, 1.82) is 0 Å². The molecular weight excluding hydrogens is 386 g/mol. The zero-order valence-corrected chi connectivity index (χ0v) is 18.2. The molecule has 0 spiro atoms. The van der Waals surface area contributed by atoms with Crippen molar-refractivity contribution < 1.29 is 13.2 Å². The molecule has 6 nitrogen and oxygen atoms in total. The molecule has 0 N–H and O–H groups in total. The van der Waals surface area contributed by atoms with E-state index in [0.717, 1.165) is 56.2 Å². The largest absolute Gasteiger partial charge is 0.348 e. The molecule has 1 aromatic heterocycles. The number of carbonyl (C=O) groups is 1. The van der Waals surface area contributed by atoms with Gasteiger partial charge in [-0.25, -0.2) is 8.42 Å². The first-order valence-corrected chi connectivity index (χ1v) is 12.2. The van der Waals surface area contributed by atoms with Gasteiger partial charge in [-0.05, 0) is 62.8 Å². The number of hydrogen-bond donors (Lipinski definition) is 0. The molecule has 0 bridgehead atoms. The Labute approximate surface area is 173 Å². The summed E-state index contributed by atoms with van der Waals surface area (Å²) < 4.78 is 30.2. The van der Waals surface area contributed by atoms with Gasteiger partial charge in [0.1, 0.15) is 0 Å². The molecule has 7 heteroatoms. The van der Waals surface area contributed by atoms with E-state index >= 15 is 0 Å². The number of hydrogen-bond acceptors (Lipinski definition) is 3. The lowest BCUT2D eigenvalue weighted by atomic mass is 9.94. The van der Waals surface area contributed by atoms with E-state index in [-0.39, 0.29) is 11.8 Å². The third kappa shape index (κ3) is 3.94. The van der Waals surface area contributed by atoms with Crippen LogP contribution >= 0.6 is 0 Å². The van der Waals surface area contributed by atoms with Gasteiger partial charge in [-0.1, -0.05) is 6.92 Å².